The molecule has 2 aliphatic heterocycles. The van der Waals surface area contributed by atoms with Crippen molar-refractivity contribution in [2.24, 2.45) is 0 Å². The normalized spacial score (nSPS) is 14.1. The Balaban J connectivity index is 0.000000150. The van der Waals surface area contributed by atoms with Gasteiger partial charge in [-0.1, -0.05) is 72.3 Å². The quantitative estimate of drug-likeness (QED) is 0.144. The standard InChI is InChI=1S/C27H25N3O3.C26H26N4/c1-16-22-14-18(20-7-4-8-24-26(20)33-12-11-32-24)9-10-23(22)30-25(28-16)15-19-13-17-5-2-3-6-21(17)27(31)29-19;1-17-5-3-6-19(13-17)15-28-26-29-18(2)24-14-20(9-10-25(24)30-26)22-8-4-7-21-16-27-12-11-23(21)22/h4,7-10,13-14H,2-3,5-6,11-12,15H2,1H3,(H,29,31);3-10,13-14,27H,11-12,15-16H2,1-2H3,(H,28,29,30). The lowest BCUT2D eigenvalue weighted by atomic mass is 9.91. The van der Waals surface area contributed by atoms with Crippen molar-refractivity contribution in [3.8, 4) is 33.8 Å². The summed E-state index contributed by atoms with van der Waals surface area (Å²) in [5, 5.41) is 8.96. The van der Waals surface area contributed by atoms with Crippen molar-refractivity contribution < 1.29 is 9.47 Å². The number of rotatable bonds is 7. The number of H-pyrrole nitrogens is 1. The zero-order valence-corrected chi connectivity index (χ0v) is 36.1. The number of aromatic nitrogens is 5. The van der Waals surface area contributed by atoms with Crippen molar-refractivity contribution in [3.63, 3.8) is 0 Å². The van der Waals surface area contributed by atoms with Gasteiger partial charge in [0.1, 0.15) is 19.0 Å². The molecule has 0 saturated carbocycles. The summed E-state index contributed by atoms with van der Waals surface area (Å²) in [6.07, 6.45) is 5.67. The number of fused-ring (bicyclic) bond motifs is 5. The van der Waals surface area contributed by atoms with Gasteiger partial charge in [-0.2, -0.15) is 0 Å². The minimum absolute atomic E-state index is 0.0433. The van der Waals surface area contributed by atoms with Crippen molar-refractivity contribution >= 4 is 27.8 Å². The molecule has 11 rings (SSSR count). The molecule has 0 fully saturated rings. The summed E-state index contributed by atoms with van der Waals surface area (Å²) in [6.45, 7) is 10.0. The molecule has 0 saturated heterocycles. The van der Waals surface area contributed by atoms with Crippen LogP contribution in [0.5, 0.6) is 11.5 Å². The Morgan fingerprint density at radius 3 is 2.27 bits per heavy atom. The minimum Gasteiger partial charge on any atom is -0.486 e. The van der Waals surface area contributed by atoms with Gasteiger partial charge in [-0.05, 0) is 135 Å². The van der Waals surface area contributed by atoms with E-state index in [1.54, 1.807) is 0 Å². The highest BCUT2D eigenvalue weighted by Gasteiger charge is 2.19. The Kier molecular flexibility index (Phi) is 11.1. The lowest BCUT2D eigenvalue weighted by Gasteiger charge is -2.21. The summed E-state index contributed by atoms with van der Waals surface area (Å²) >= 11 is 0. The molecule has 0 unspecified atom stereocenters. The van der Waals surface area contributed by atoms with Gasteiger partial charge >= 0.3 is 0 Å². The van der Waals surface area contributed by atoms with E-state index in [2.05, 4.69) is 108 Å². The highest BCUT2D eigenvalue weighted by molar-refractivity contribution is 5.89. The summed E-state index contributed by atoms with van der Waals surface area (Å²) in [4.78, 5) is 34.6. The van der Waals surface area contributed by atoms with E-state index in [4.69, 9.17) is 29.4 Å². The molecular formula is C53H51N7O3. The number of nitrogens with zero attached hydrogens (tertiary/aromatic N) is 4. The molecule has 5 heterocycles. The van der Waals surface area contributed by atoms with Crippen molar-refractivity contribution in [2.45, 2.75) is 72.4 Å². The molecule has 10 heteroatoms. The molecule has 1 aliphatic carbocycles. The van der Waals surface area contributed by atoms with Crippen LogP contribution >= 0.6 is 0 Å². The number of aromatic amines is 1. The highest BCUT2D eigenvalue weighted by atomic mass is 16.6. The van der Waals surface area contributed by atoms with E-state index < -0.39 is 0 Å². The SMILES string of the molecule is Cc1cccc(CNc2nc(C)c3cc(-c4cccc5c4CCNC5)ccc3n2)c1.Cc1nc(Cc2cc3c(c(=O)[nH]2)CCCC3)nc2ccc(-c3cccc4c3OCCO4)cc12. The third-order valence-electron chi connectivity index (χ3n) is 12.4. The van der Waals surface area contributed by atoms with Gasteiger partial charge in [-0.25, -0.2) is 19.9 Å². The second kappa shape index (κ2) is 17.5. The summed E-state index contributed by atoms with van der Waals surface area (Å²) < 4.78 is 11.6. The van der Waals surface area contributed by atoms with Gasteiger partial charge in [0, 0.05) is 52.8 Å². The van der Waals surface area contributed by atoms with E-state index in [9.17, 15) is 4.79 Å². The molecule has 3 N–H and O–H groups in total. The van der Waals surface area contributed by atoms with Gasteiger partial charge < -0.3 is 25.1 Å². The number of hydrogen-bond donors (Lipinski definition) is 3. The number of anilines is 1. The largest absolute Gasteiger partial charge is 0.486 e. The second-order valence-corrected chi connectivity index (χ2v) is 16.9. The fraction of sp³-hybridized carbons (Fsp3) is 0.264. The van der Waals surface area contributed by atoms with Crippen molar-refractivity contribution in [3.05, 3.63) is 170 Å². The van der Waals surface area contributed by atoms with E-state index >= 15 is 0 Å². The molecule has 0 amide bonds. The Morgan fingerprint density at radius 1 is 0.667 bits per heavy atom. The Hall–Kier alpha value is -6.91. The molecule has 5 aromatic carbocycles. The van der Waals surface area contributed by atoms with Crippen molar-refractivity contribution in [1.29, 1.82) is 0 Å². The van der Waals surface area contributed by atoms with Crippen molar-refractivity contribution in [2.75, 3.05) is 25.1 Å². The van der Waals surface area contributed by atoms with Crippen molar-refractivity contribution in [1.82, 2.24) is 30.2 Å². The lowest BCUT2D eigenvalue weighted by Crippen LogP contribution is -2.24. The third kappa shape index (κ3) is 8.51. The molecule has 10 nitrogen and oxygen atoms in total. The average molecular weight is 834 g/mol. The molecule has 0 bridgehead atoms. The fourth-order valence-corrected chi connectivity index (χ4v) is 9.30. The number of nitrogens with one attached hydrogen (secondary N) is 3. The molecule has 316 valence electrons. The zero-order valence-electron chi connectivity index (χ0n) is 36.1. The molecular weight excluding hydrogens is 783 g/mol. The van der Waals surface area contributed by atoms with Gasteiger partial charge in [-0.15, -0.1) is 0 Å². The smallest absolute Gasteiger partial charge is 0.251 e. The van der Waals surface area contributed by atoms with Gasteiger partial charge in [-0.3, -0.25) is 4.79 Å². The minimum atomic E-state index is 0.0433. The lowest BCUT2D eigenvalue weighted by molar-refractivity contribution is 0.172. The summed E-state index contributed by atoms with van der Waals surface area (Å²) in [5.74, 6) is 2.96. The van der Waals surface area contributed by atoms with Gasteiger partial charge in [0.25, 0.3) is 5.56 Å². The Morgan fingerprint density at radius 2 is 1.41 bits per heavy atom. The number of ether oxygens (including phenoxy) is 2. The van der Waals surface area contributed by atoms with Crippen LogP contribution in [0.25, 0.3) is 44.1 Å². The maximum absolute atomic E-state index is 12.5. The van der Waals surface area contributed by atoms with Gasteiger partial charge in [0.2, 0.25) is 5.95 Å². The number of benzene rings is 5. The second-order valence-electron chi connectivity index (χ2n) is 16.9. The first kappa shape index (κ1) is 40.2. The predicted octanol–water partition coefficient (Wildman–Crippen LogP) is 9.71. The average Bonchev–Trinajstić information content (AvgIpc) is 3.31. The van der Waals surface area contributed by atoms with Gasteiger partial charge in [0.15, 0.2) is 11.5 Å². The highest BCUT2D eigenvalue weighted by Crippen LogP contribution is 2.41. The first-order valence-electron chi connectivity index (χ1n) is 22.1. The van der Waals surface area contributed by atoms with Crippen LogP contribution < -0.4 is 25.7 Å². The van der Waals surface area contributed by atoms with E-state index in [0.717, 1.165) is 119 Å². The van der Waals surface area contributed by atoms with Gasteiger partial charge in [0.05, 0.1) is 16.7 Å². The van der Waals surface area contributed by atoms with Crippen LogP contribution in [0.2, 0.25) is 0 Å². The van der Waals surface area contributed by atoms with Crippen LogP contribution in [-0.2, 0) is 38.8 Å². The molecule has 0 spiro atoms. The number of aryl methyl sites for hydroxylation is 4. The Labute approximate surface area is 367 Å². The van der Waals surface area contributed by atoms with Crippen LogP contribution in [0.1, 0.15) is 69.1 Å². The zero-order chi connectivity index (χ0) is 42.9. The monoisotopic (exact) mass is 833 g/mol. The van der Waals surface area contributed by atoms with E-state index in [1.807, 2.05) is 31.2 Å². The van der Waals surface area contributed by atoms with E-state index in [0.29, 0.717) is 31.4 Å². The van der Waals surface area contributed by atoms with Crippen LogP contribution in [0.15, 0.2) is 108 Å². The van der Waals surface area contributed by atoms with Crippen LogP contribution in [0.4, 0.5) is 5.95 Å². The predicted molar refractivity (Wildman–Crippen MR) is 251 cm³/mol. The summed E-state index contributed by atoms with van der Waals surface area (Å²) in [5.41, 5.74) is 16.8. The molecule has 8 aromatic rings. The summed E-state index contributed by atoms with van der Waals surface area (Å²) in [7, 11) is 0. The van der Waals surface area contributed by atoms with E-state index in [1.165, 1.54) is 38.9 Å². The maximum Gasteiger partial charge on any atom is 0.251 e. The Bertz CT molecular complexity index is 3090. The molecule has 3 aliphatic rings. The topological polar surface area (TPSA) is 127 Å². The summed E-state index contributed by atoms with van der Waals surface area (Å²) in [6, 6.07) is 36.0. The van der Waals surface area contributed by atoms with Crippen LogP contribution in [0, 0.1) is 20.8 Å². The molecule has 0 atom stereocenters. The van der Waals surface area contributed by atoms with Crippen LogP contribution in [-0.4, -0.2) is 44.7 Å². The number of hydrogen-bond acceptors (Lipinski definition) is 9. The molecule has 63 heavy (non-hydrogen) atoms. The van der Waals surface area contributed by atoms with E-state index in [-0.39, 0.29) is 5.56 Å². The first-order chi connectivity index (χ1) is 30.8. The molecule has 0 radical (unpaired) electrons. The third-order valence-corrected chi connectivity index (χ3v) is 12.4. The number of para-hydroxylation sites is 1. The molecule has 3 aromatic heterocycles. The van der Waals surface area contributed by atoms with Crippen LogP contribution in [0.3, 0.4) is 0 Å². The maximum atomic E-state index is 12.5. The first-order valence-corrected chi connectivity index (χ1v) is 22.1. The fourth-order valence-electron chi connectivity index (χ4n) is 9.30. The number of pyridine rings is 1.